The van der Waals surface area contributed by atoms with Crippen LogP contribution in [0.5, 0.6) is 5.75 Å². The molecular weight excluding hydrogens is 1010 g/mol. The van der Waals surface area contributed by atoms with Gasteiger partial charge < -0.3 is 5.11 Å². The van der Waals surface area contributed by atoms with E-state index in [9.17, 15) is 10.6 Å². The molecule has 0 atom stereocenters. The molecule has 0 saturated heterocycles. The normalized spacial score (nSPS) is 15.2. The van der Waals surface area contributed by atoms with Gasteiger partial charge in [-0.3, -0.25) is 9.55 Å². The molecule has 0 amide bonds. The van der Waals surface area contributed by atoms with Crippen LogP contribution in [-0.4, -0.2) is 19.6 Å². The van der Waals surface area contributed by atoms with Crippen molar-refractivity contribution in [1.29, 1.82) is 0 Å². The summed E-state index contributed by atoms with van der Waals surface area (Å²) in [6.45, 7) is 14.7. The van der Waals surface area contributed by atoms with Crippen molar-refractivity contribution in [2.75, 3.05) is 0 Å². The summed E-state index contributed by atoms with van der Waals surface area (Å²) in [5, 5.41) is 12.2. The molecule has 0 aliphatic rings. The van der Waals surface area contributed by atoms with E-state index < -0.39 is 78.2 Å². The van der Waals surface area contributed by atoms with Gasteiger partial charge in [0.25, 0.3) is 0 Å². The van der Waals surface area contributed by atoms with Gasteiger partial charge in [-0.1, -0.05) is 182 Å². The average molecular weight is 1090 g/mol. The van der Waals surface area contributed by atoms with Crippen LogP contribution in [0.25, 0.3) is 83.9 Å². The number of pyridine rings is 1. The quantitative estimate of drug-likeness (QED) is 0.162. The number of hydrogen-bond donors (Lipinski definition) is 1. The predicted octanol–water partition coefficient (Wildman–Crippen LogP) is 16.7. The Morgan fingerprint density at radius 2 is 1.29 bits per heavy atom. The zero-order valence-corrected chi connectivity index (χ0v) is 42.3. The van der Waals surface area contributed by atoms with E-state index in [0.717, 1.165) is 33.4 Å². The Balaban J connectivity index is 0.00000860. The third-order valence-electron chi connectivity index (χ3n) is 12.3. The predicted molar refractivity (Wildman–Crippen MR) is 282 cm³/mol. The number of hydrogen-bond acceptors (Lipinski definition) is 3. The molecule has 0 unspecified atom stereocenters. The molecule has 2 heterocycles. The molecule has 1 N–H and O–H groups in total. The molecule has 2 aromatic heterocycles. The molecule has 0 spiro atoms. The third kappa shape index (κ3) is 9.29. The molecule has 9 aromatic rings. The van der Waals surface area contributed by atoms with E-state index in [0.29, 0.717) is 44.5 Å². The van der Waals surface area contributed by atoms with Gasteiger partial charge in [0.2, 0.25) is 0 Å². The largest absolute Gasteiger partial charge is 0.507 e. The first-order valence-electron chi connectivity index (χ1n) is 29.0. The maximum absolute atomic E-state index is 12.2. The van der Waals surface area contributed by atoms with Crippen molar-refractivity contribution in [2.45, 2.75) is 99.2 Å². The number of nitrogens with zero attached hydrogens (tertiary/aromatic N) is 3. The molecule has 0 aliphatic carbocycles. The van der Waals surface area contributed by atoms with Crippen molar-refractivity contribution in [3.05, 3.63) is 191 Å². The Hall–Kier alpha value is -6.35. The number of aryl methyl sites for hydroxylation is 2. The Labute approximate surface area is 436 Å². The summed E-state index contributed by atoms with van der Waals surface area (Å²) in [4.78, 5) is 9.80. The second-order valence-corrected chi connectivity index (χ2v) is 20.4. The van der Waals surface area contributed by atoms with Gasteiger partial charge in [-0.25, -0.2) is 4.98 Å². The molecule has 0 fully saturated rings. The maximum Gasteiger partial charge on any atom is 0.148 e. The molecule has 9 rings (SSSR count). The molecule has 4 nitrogen and oxygen atoms in total. The average Bonchev–Trinajstić information content (AvgIpc) is 3.76. The van der Waals surface area contributed by atoms with Gasteiger partial charge in [0.15, 0.2) is 0 Å². The van der Waals surface area contributed by atoms with E-state index >= 15 is 0 Å². The van der Waals surface area contributed by atoms with Gasteiger partial charge in [0.1, 0.15) is 11.6 Å². The van der Waals surface area contributed by atoms with Crippen LogP contribution in [0, 0.1) is 26.7 Å². The summed E-state index contributed by atoms with van der Waals surface area (Å²) < 4.78 is 116. The van der Waals surface area contributed by atoms with Crippen LogP contribution in [0.1, 0.15) is 114 Å². The van der Waals surface area contributed by atoms with Crippen molar-refractivity contribution >= 4 is 11.0 Å². The number of phenolic OH excluding ortho intramolecular Hbond substituents is 1. The summed E-state index contributed by atoms with van der Waals surface area (Å²) in [6, 6.07) is 33.7. The Morgan fingerprint density at radius 1 is 0.603 bits per heavy atom. The van der Waals surface area contributed by atoms with E-state index in [1.54, 1.807) is 16.7 Å². The Kier molecular flexibility index (Phi) is 9.14. The first kappa shape index (κ1) is 34.0. The topological polar surface area (TPSA) is 50.9 Å². The summed E-state index contributed by atoms with van der Waals surface area (Å²) in [7, 11) is 0. The van der Waals surface area contributed by atoms with Crippen molar-refractivity contribution in [1.82, 2.24) is 14.5 Å². The fourth-order valence-corrected chi connectivity index (χ4v) is 8.64. The fourth-order valence-electron chi connectivity index (χ4n) is 8.64. The van der Waals surface area contributed by atoms with Crippen LogP contribution in [0.4, 0.5) is 0 Å². The van der Waals surface area contributed by atoms with Crippen LogP contribution in [0.3, 0.4) is 0 Å². The maximum atomic E-state index is 12.2. The van der Waals surface area contributed by atoms with Gasteiger partial charge in [-0.15, -0.1) is 29.3 Å². The van der Waals surface area contributed by atoms with E-state index in [1.165, 1.54) is 0 Å². The van der Waals surface area contributed by atoms with Crippen LogP contribution in [0.15, 0.2) is 152 Å². The molecule has 0 radical (unpaired) electrons. The summed E-state index contributed by atoms with van der Waals surface area (Å²) in [5.74, 6) is 0.223. The van der Waals surface area contributed by atoms with Crippen molar-refractivity contribution < 1.29 is 44.0 Å². The van der Waals surface area contributed by atoms with Crippen LogP contribution >= 0.6 is 0 Å². The second-order valence-electron chi connectivity index (χ2n) is 20.4. The number of aromatic hydroxyl groups is 1. The van der Waals surface area contributed by atoms with Gasteiger partial charge in [-0.05, 0) is 123 Å². The monoisotopic (exact) mass is 1080 g/mol. The molecule has 0 bridgehead atoms. The second kappa shape index (κ2) is 18.3. The molecule has 7 aromatic carbocycles. The van der Waals surface area contributed by atoms with Crippen molar-refractivity contribution in [3.63, 3.8) is 0 Å². The summed E-state index contributed by atoms with van der Waals surface area (Å²) >= 11 is 0. The first-order chi connectivity index (χ1) is 37.1. The SMILES string of the molecule is [2H]c1nc(-c2[c-]c(-c3cccc4c3nc(-c3cc(C(C)(C)C)cc(C)c3O)n4-c3ccc(-c4c(-c5ccccc5)cccc4C(C)(C)C)cc3C([2H])([2H])[2H])cc(C(C)(C)C)c2)c([2H])c(-c2c([2H])c([2H])c(C([2H])([2H])[2H])c([2H])c2[2H])c1[2H].[Pt]. The minimum Gasteiger partial charge on any atom is -0.507 e. The number of phenols is 1. The van der Waals surface area contributed by atoms with E-state index in [4.69, 9.17) is 17.3 Å². The van der Waals surface area contributed by atoms with Gasteiger partial charge in [-0.2, -0.15) is 0 Å². The zero-order valence-electron chi connectivity index (χ0n) is 53.0. The van der Waals surface area contributed by atoms with Crippen LogP contribution in [-0.2, 0) is 37.3 Å². The summed E-state index contributed by atoms with van der Waals surface area (Å²) in [5.41, 5.74) is 6.35. The third-order valence-corrected chi connectivity index (χ3v) is 12.3. The Bertz CT molecular complexity index is 3950. The molecule has 0 aliphatic heterocycles. The standard InChI is InChI=1S/C63H62N3O.Pt/c1-39-24-26-42(27-25-39)44-30-31-64-54(37-44)47-34-46(35-49(36-47)62(7,8)9)51-21-17-23-56-58(51)65-60(52-38-48(61(4,5)6)33-41(3)59(52)67)66(56)55-29-28-45(32-40(55)2)57-50(43-18-14-13-15-19-43)20-16-22-53(57)63(10,11)12;/h13-33,35-38,67H,1-12H3;/q-1;/i1D3,2D3,24D,25D,26D,27D,30D,31D,37D;. The van der Waals surface area contributed by atoms with Crippen LogP contribution in [0.2, 0.25) is 0 Å². The first-order valence-corrected chi connectivity index (χ1v) is 22.5. The number of benzene rings is 7. The van der Waals surface area contributed by atoms with E-state index in [1.807, 2.05) is 113 Å². The molecule has 68 heavy (non-hydrogen) atoms. The molecule has 5 heteroatoms. The smallest absolute Gasteiger partial charge is 0.148 e. The number of fused-ring (bicyclic) bond motifs is 1. The van der Waals surface area contributed by atoms with Crippen molar-refractivity contribution in [2.24, 2.45) is 0 Å². The number of aromatic nitrogens is 3. The van der Waals surface area contributed by atoms with Crippen molar-refractivity contribution in [3.8, 4) is 78.6 Å². The summed E-state index contributed by atoms with van der Waals surface area (Å²) in [6.07, 6.45) is -0.633. The van der Waals surface area contributed by atoms with E-state index in [-0.39, 0.29) is 60.3 Å². The minimum absolute atomic E-state index is 0. The Morgan fingerprint density at radius 3 is 1.99 bits per heavy atom. The number of para-hydroxylation sites is 1. The zero-order chi connectivity index (χ0) is 58.7. The van der Waals surface area contributed by atoms with Gasteiger partial charge in [0, 0.05) is 41.2 Å². The van der Waals surface area contributed by atoms with E-state index in [2.05, 4.69) is 64.7 Å². The molecule has 346 valence electrons. The van der Waals surface area contributed by atoms with Gasteiger partial charge in [0.05, 0.1) is 31.9 Å². The van der Waals surface area contributed by atoms with Crippen LogP contribution < -0.4 is 0 Å². The fraction of sp³-hybridized carbons (Fsp3) is 0.238. The minimum atomic E-state index is -3.00. The number of rotatable bonds is 7. The number of imidazole rings is 1. The molecular formula is C63H62N3OPt-. The molecule has 0 saturated carbocycles. The van der Waals surface area contributed by atoms with Gasteiger partial charge >= 0.3 is 0 Å².